The zero-order valence-electron chi connectivity index (χ0n) is 11.0. The molecule has 1 aliphatic heterocycles. The minimum Gasteiger partial charge on any atom is -0.503 e. The summed E-state index contributed by atoms with van der Waals surface area (Å²) in [4.78, 5) is 39.1. The van der Waals surface area contributed by atoms with Crippen molar-refractivity contribution in [3.05, 3.63) is 28.2 Å². The fraction of sp³-hybridized carbons (Fsp3) is 0.462. The van der Waals surface area contributed by atoms with Gasteiger partial charge in [-0.3, -0.25) is 14.4 Å². The Kier molecular flexibility index (Phi) is 4.39. The highest BCUT2D eigenvalue weighted by Gasteiger charge is 2.19. The molecule has 0 spiro atoms. The van der Waals surface area contributed by atoms with Crippen molar-refractivity contribution in [2.45, 2.75) is 19.3 Å². The van der Waals surface area contributed by atoms with Gasteiger partial charge in [0, 0.05) is 25.4 Å². The topological polar surface area (TPSA) is 103 Å². The largest absolute Gasteiger partial charge is 0.503 e. The van der Waals surface area contributed by atoms with Crippen molar-refractivity contribution in [2.24, 2.45) is 0 Å². The number of H-pyrrole nitrogens is 1. The van der Waals surface area contributed by atoms with Crippen LogP contribution in [0.1, 0.15) is 29.8 Å². The van der Waals surface area contributed by atoms with E-state index < -0.39 is 17.1 Å². The third kappa shape index (κ3) is 3.17. The van der Waals surface area contributed by atoms with Gasteiger partial charge in [0.1, 0.15) is 0 Å². The predicted octanol–water partition coefficient (Wildman–Crippen LogP) is -0.177. The second-order valence-corrected chi connectivity index (χ2v) is 4.69. The molecule has 2 rings (SSSR count). The molecule has 0 atom stereocenters. The number of hydrogen-bond donors (Lipinski definition) is 3. The summed E-state index contributed by atoms with van der Waals surface area (Å²) in [6.07, 6.45) is 4.34. The number of hydrogen-bond acceptors (Lipinski definition) is 4. The molecule has 1 aromatic heterocycles. The number of rotatable bonds is 3. The van der Waals surface area contributed by atoms with Crippen molar-refractivity contribution >= 4 is 11.8 Å². The van der Waals surface area contributed by atoms with Crippen LogP contribution in [-0.4, -0.2) is 46.4 Å². The second-order valence-electron chi connectivity index (χ2n) is 4.69. The van der Waals surface area contributed by atoms with Gasteiger partial charge >= 0.3 is 0 Å². The van der Waals surface area contributed by atoms with E-state index in [1.165, 1.54) is 6.20 Å². The van der Waals surface area contributed by atoms with Crippen LogP contribution in [0.5, 0.6) is 5.75 Å². The van der Waals surface area contributed by atoms with E-state index in [1.807, 2.05) is 0 Å². The molecular weight excluding hydrogens is 262 g/mol. The summed E-state index contributed by atoms with van der Waals surface area (Å²) in [7, 11) is 0. The minimum atomic E-state index is -0.675. The quantitative estimate of drug-likeness (QED) is 0.714. The monoisotopic (exact) mass is 279 g/mol. The highest BCUT2D eigenvalue weighted by Crippen LogP contribution is 2.09. The molecule has 0 aliphatic carbocycles. The number of aromatic amines is 1. The smallest absolute Gasteiger partial charge is 0.272 e. The van der Waals surface area contributed by atoms with Crippen molar-refractivity contribution in [2.75, 3.05) is 19.6 Å². The maximum atomic E-state index is 11.9. The van der Waals surface area contributed by atoms with Gasteiger partial charge in [0.2, 0.25) is 11.3 Å². The molecule has 2 amide bonds. The SMILES string of the molecule is O=C(NCC(=O)N1CCCCC1)c1[nH]ccc(=O)c1O. The molecule has 108 valence electrons. The lowest BCUT2D eigenvalue weighted by Crippen LogP contribution is -2.42. The molecule has 0 radical (unpaired) electrons. The summed E-state index contributed by atoms with van der Waals surface area (Å²) in [5.41, 5.74) is -0.875. The van der Waals surface area contributed by atoms with E-state index in [1.54, 1.807) is 4.90 Å². The van der Waals surface area contributed by atoms with E-state index in [-0.39, 0.29) is 18.1 Å². The average molecular weight is 279 g/mol. The first-order valence-corrected chi connectivity index (χ1v) is 6.56. The van der Waals surface area contributed by atoms with Crippen LogP contribution in [-0.2, 0) is 4.79 Å². The van der Waals surface area contributed by atoms with Crippen molar-refractivity contribution in [3.8, 4) is 5.75 Å². The highest BCUT2D eigenvalue weighted by molar-refractivity contribution is 5.96. The maximum absolute atomic E-state index is 11.9. The lowest BCUT2D eigenvalue weighted by Gasteiger charge is -2.26. The maximum Gasteiger partial charge on any atom is 0.272 e. The number of piperidine rings is 1. The normalized spacial score (nSPS) is 14.9. The third-order valence-corrected chi connectivity index (χ3v) is 3.27. The molecule has 7 heteroatoms. The van der Waals surface area contributed by atoms with E-state index in [0.717, 1.165) is 25.3 Å². The van der Waals surface area contributed by atoms with Crippen LogP contribution in [0, 0.1) is 0 Å². The molecule has 2 heterocycles. The molecule has 0 saturated carbocycles. The van der Waals surface area contributed by atoms with Crippen molar-refractivity contribution in [1.82, 2.24) is 15.2 Å². The third-order valence-electron chi connectivity index (χ3n) is 3.27. The first-order valence-electron chi connectivity index (χ1n) is 6.56. The number of pyridine rings is 1. The Morgan fingerprint density at radius 3 is 2.70 bits per heavy atom. The first-order chi connectivity index (χ1) is 9.59. The van der Waals surface area contributed by atoms with E-state index in [0.29, 0.717) is 13.1 Å². The van der Waals surface area contributed by atoms with Gasteiger partial charge in [-0.15, -0.1) is 0 Å². The lowest BCUT2D eigenvalue weighted by molar-refractivity contribution is -0.130. The summed E-state index contributed by atoms with van der Waals surface area (Å²) < 4.78 is 0. The summed E-state index contributed by atoms with van der Waals surface area (Å²) >= 11 is 0. The molecule has 0 aromatic carbocycles. The minimum absolute atomic E-state index is 0.144. The first kappa shape index (κ1) is 14.1. The Bertz CT molecular complexity index is 561. The van der Waals surface area contributed by atoms with Crippen LogP contribution < -0.4 is 10.7 Å². The van der Waals surface area contributed by atoms with E-state index in [4.69, 9.17) is 0 Å². The van der Waals surface area contributed by atoms with Crippen LogP contribution >= 0.6 is 0 Å². The Morgan fingerprint density at radius 2 is 2.00 bits per heavy atom. The van der Waals surface area contributed by atoms with Gasteiger partial charge < -0.3 is 20.3 Å². The molecule has 1 saturated heterocycles. The van der Waals surface area contributed by atoms with Crippen molar-refractivity contribution in [3.63, 3.8) is 0 Å². The number of carbonyl (C=O) groups excluding carboxylic acids is 2. The number of likely N-dealkylation sites (tertiary alicyclic amines) is 1. The van der Waals surface area contributed by atoms with Gasteiger partial charge in [-0.25, -0.2) is 0 Å². The summed E-state index contributed by atoms with van der Waals surface area (Å²) in [6, 6.07) is 1.12. The van der Waals surface area contributed by atoms with Gasteiger partial charge in [-0.05, 0) is 19.3 Å². The Labute approximate surface area is 115 Å². The van der Waals surface area contributed by atoms with Crippen LogP contribution in [0.2, 0.25) is 0 Å². The zero-order valence-corrected chi connectivity index (χ0v) is 11.0. The molecule has 1 aromatic rings. The van der Waals surface area contributed by atoms with Crippen LogP contribution in [0.4, 0.5) is 0 Å². The summed E-state index contributed by atoms with van der Waals surface area (Å²) in [6.45, 7) is 1.28. The van der Waals surface area contributed by atoms with Crippen molar-refractivity contribution in [1.29, 1.82) is 0 Å². The van der Waals surface area contributed by atoms with E-state index >= 15 is 0 Å². The fourth-order valence-electron chi connectivity index (χ4n) is 2.14. The number of carbonyl (C=O) groups is 2. The molecule has 1 aliphatic rings. The van der Waals surface area contributed by atoms with Gasteiger partial charge in [0.05, 0.1) is 6.54 Å². The molecule has 7 nitrogen and oxygen atoms in total. The number of aromatic hydroxyl groups is 1. The predicted molar refractivity (Wildman–Crippen MR) is 71.5 cm³/mol. The summed E-state index contributed by atoms with van der Waals surface area (Å²) in [5, 5.41) is 11.9. The van der Waals surface area contributed by atoms with Gasteiger partial charge in [-0.1, -0.05) is 0 Å². The van der Waals surface area contributed by atoms with Crippen LogP contribution in [0.3, 0.4) is 0 Å². The fourth-order valence-corrected chi connectivity index (χ4v) is 2.14. The van der Waals surface area contributed by atoms with Gasteiger partial charge in [-0.2, -0.15) is 0 Å². The van der Waals surface area contributed by atoms with Gasteiger partial charge in [0.15, 0.2) is 11.4 Å². The summed E-state index contributed by atoms with van der Waals surface area (Å²) in [5.74, 6) is -1.48. The lowest BCUT2D eigenvalue weighted by atomic mass is 10.1. The average Bonchev–Trinajstić information content (AvgIpc) is 2.48. The van der Waals surface area contributed by atoms with Crippen molar-refractivity contribution < 1.29 is 14.7 Å². The Morgan fingerprint density at radius 1 is 1.30 bits per heavy atom. The van der Waals surface area contributed by atoms with E-state index in [2.05, 4.69) is 10.3 Å². The highest BCUT2D eigenvalue weighted by atomic mass is 16.3. The Balaban J connectivity index is 1.93. The molecule has 0 unspecified atom stereocenters. The second kappa shape index (κ2) is 6.23. The molecule has 20 heavy (non-hydrogen) atoms. The zero-order chi connectivity index (χ0) is 14.5. The number of nitrogens with one attached hydrogen (secondary N) is 2. The Hall–Kier alpha value is -2.31. The number of nitrogens with zero attached hydrogens (tertiary/aromatic N) is 1. The van der Waals surface area contributed by atoms with Crippen LogP contribution in [0.25, 0.3) is 0 Å². The standard InChI is InChI=1S/C13H17N3O4/c17-9-4-5-14-11(12(9)19)13(20)15-8-10(18)16-6-2-1-3-7-16/h4-5,19H,1-3,6-8H2,(H,14,17)(H,15,20). The van der Waals surface area contributed by atoms with Gasteiger partial charge in [0.25, 0.3) is 5.91 Å². The molecule has 1 fully saturated rings. The molecule has 3 N–H and O–H groups in total. The molecule has 0 bridgehead atoms. The van der Waals surface area contributed by atoms with Crippen LogP contribution in [0.15, 0.2) is 17.1 Å². The molecular formula is C13H17N3O4. The number of amides is 2. The van der Waals surface area contributed by atoms with E-state index in [9.17, 15) is 19.5 Å². The number of aromatic nitrogens is 1.